The number of ether oxygens (including phenoxy) is 1. The standard InChI is InChI=1S/C20H20N4O4S/c1-13-8-9-15(23-20(25)17-12-21-14(2)11-22-17)10-19(13)29(26,27)24-16-6-4-5-7-18(16)28-3/h4-12,24H,1-3H3,(H,23,25). The van der Waals surface area contributed by atoms with Gasteiger partial charge in [0.15, 0.2) is 0 Å². The summed E-state index contributed by atoms with van der Waals surface area (Å²) in [6.45, 7) is 3.44. The van der Waals surface area contributed by atoms with Crippen LogP contribution in [0.2, 0.25) is 0 Å². The van der Waals surface area contributed by atoms with Crippen LogP contribution in [0.1, 0.15) is 21.7 Å². The summed E-state index contributed by atoms with van der Waals surface area (Å²) in [5.41, 5.74) is 1.99. The molecule has 3 aromatic rings. The number of amides is 1. The number of aromatic nitrogens is 2. The monoisotopic (exact) mass is 412 g/mol. The van der Waals surface area contributed by atoms with E-state index in [1.807, 2.05) is 0 Å². The Labute approximate surface area is 169 Å². The number of rotatable bonds is 6. The van der Waals surface area contributed by atoms with Gasteiger partial charge in [-0.05, 0) is 43.7 Å². The topological polar surface area (TPSA) is 110 Å². The fourth-order valence-corrected chi connectivity index (χ4v) is 3.94. The molecular weight excluding hydrogens is 392 g/mol. The zero-order valence-electron chi connectivity index (χ0n) is 16.1. The Morgan fingerprint density at radius 1 is 1.03 bits per heavy atom. The molecule has 0 saturated heterocycles. The van der Waals surface area contributed by atoms with E-state index in [4.69, 9.17) is 4.74 Å². The Bertz CT molecular complexity index is 1150. The number of methoxy groups -OCH3 is 1. The fraction of sp³-hybridized carbons (Fsp3) is 0.150. The molecule has 9 heteroatoms. The quantitative estimate of drug-likeness (QED) is 0.643. The highest BCUT2D eigenvalue weighted by Gasteiger charge is 2.20. The zero-order chi connectivity index (χ0) is 21.0. The molecule has 1 heterocycles. The number of hydrogen-bond donors (Lipinski definition) is 2. The van der Waals surface area contributed by atoms with Crippen molar-refractivity contribution in [2.75, 3.05) is 17.1 Å². The molecule has 0 unspecified atom stereocenters. The molecule has 0 bridgehead atoms. The summed E-state index contributed by atoms with van der Waals surface area (Å²) < 4.78 is 33.6. The summed E-state index contributed by atoms with van der Waals surface area (Å²) in [5.74, 6) is -0.0847. The Hall–Kier alpha value is -3.46. The maximum atomic E-state index is 12.9. The SMILES string of the molecule is COc1ccccc1NS(=O)(=O)c1cc(NC(=O)c2cnc(C)cn2)ccc1C. The molecule has 0 aliphatic rings. The van der Waals surface area contributed by atoms with E-state index in [0.717, 1.165) is 0 Å². The van der Waals surface area contributed by atoms with Crippen molar-refractivity contribution in [3.8, 4) is 5.75 Å². The molecule has 0 atom stereocenters. The van der Waals surface area contributed by atoms with Crippen LogP contribution >= 0.6 is 0 Å². The molecule has 0 aliphatic carbocycles. The second kappa shape index (κ2) is 8.27. The molecule has 8 nitrogen and oxygen atoms in total. The number of para-hydroxylation sites is 2. The summed E-state index contributed by atoms with van der Waals surface area (Å²) in [7, 11) is -2.45. The van der Waals surface area contributed by atoms with Crippen molar-refractivity contribution >= 4 is 27.3 Å². The minimum atomic E-state index is -3.91. The third kappa shape index (κ3) is 4.69. The number of sulfonamides is 1. The van der Waals surface area contributed by atoms with Gasteiger partial charge in [0.05, 0.1) is 29.6 Å². The van der Waals surface area contributed by atoms with Crippen LogP contribution < -0.4 is 14.8 Å². The molecule has 29 heavy (non-hydrogen) atoms. The Balaban J connectivity index is 1.88. The summed E-state index contributed by atoms with van der Waals surface area (Å²) in [4.78, 5) is 20.4. The highest BCUT2D eigenvalue weighted by atomic mass is 32.2. The normalized spacial score (nSPS) is 11.0. The average molecular weight is 412 g/mol. The maximum absolute atomic E-state index is 12.9. The number of carbonyl (C=O) groups is 1. The van der Waals surface area contributed by atoms with Gasteiger partial charge < -0.3 is 10.1 Å². The number of hydrogen-bond acceptors (Lipinski definition) is 6. The molecule has 2 N–H and O–H groups in total. The first-order valence-corrected chi connectivity index (χ1v) is 10.1. The number of benzene rings is 2. The first kappa shape index (κ1) is 20.3. The van der Waals surface area contributed by atoms with Gasteiger partial charge >= 0.3 is 0 Å². The minimum absolute atomic E-state index is 0.0381. The molecule has 2 aromatic carbocycles. The van der Waals surface area contributed by atoms with Crippen molar-refractivity contribution in [1.29, 1.82) is 0 Å². The number of anilines is 2. The van der Waals surface area contributed by atoms with Crippen LogP contribution in [0.5, 0.6) is 5.75 Å². The van der Waals surface area contributed by atoms with E-state index < -0.39 is 15.9 Å². The minimum Gasteiger partial charge on any atom is -0.495 e. The summed E-state index contributed by atoms with van der Waals surface area (Å²) in [6, 6.07) is 11.3. The van der Waals surface area contributed by atoms with Crippen molar-refractivity contribution in [2.45, 2.75) is 18.7 Å². The molecule has 1 amide bonds. The van der Waals surface area contributed by atoms with Gasteiger partial charge in [0.2, 0.25) is 0 Å². The van der Waals surface area contributed by atoms with Gasteiger partial charge in [0, 0.05) is 11.9 Å². The van der Waals surface area contributed by atoms with E-state index in [0.29, 0.717) is 28.4 Å². The molecule has 150 valence electrons. The summed E-state index contributed by atoms with van der Waals surface area (Å²) in [5, 5.41) is 2.65. The van der Waals surface area contributed by atoms with Crippen LogP contribution in [-0.4, -0.2) is 31.4 Å². The molecule has 0 fully saturated rings. The molecule has 1 aromatic heterocycles. The Morgan fingerprint density at radius 3 is 2.48 bits per heavy atom. The third-order valence-electron chi connectivity index (χ3n) is 4.10. The first-order chi connectivity index (χ1) is 13.8. The number of nitrogens with zero attached hydrogens (tertiary/aromatic N) is 2. The zero-order valence-corrected chi connectivity index (χ0v) is 16.9. The largest absolute Gasteiger partial charge is 0.495 e. The van der Waals surface area contributed by atoms with Crippen LogP contribution in [0.3, 0.4) is 0 Å². The fourth-order valence-electron chi connectivity index (χ4n) is 2.60. The second-order valence-corrected chi connectivity index (χ2v) is 7.93. The predicted octanol–water partition coefficient (Wildman–Crippen LogP) is 3.16. The van der Waals surface area contributed by atoms with Crippen molar-refractivity contribution in [3.63, 3.8) is 0 Å². The Morgan fingerprint density at radius 2 is 1.79 bits per heavy atom. The van der Waals surface area contributed by atoms with Crippen LogP contribution in [0, 0.1) is 13.8 Å². The highest BCUT2D eigenvalue weighted by molar-refractivity contribution is 7.92. The summed E-state index contributed by atoms with van der Waals surface area (Å²) in [6.07, 6.45) is 2.84. The lowest BCUT2D eigenvalue weighted by Crippen LogP contribution is -2.17. The van der Waals surface area contributed by atoms with Gasteiger partial charge in [-0.1, -0.05) is 18.2 Å². The molecule has 0 spiro atoms. The highest BCUT2D eigenvalue weighted by Crippen LogP contribution is 2.28. The number of carbonyl (C=O) groups excluding carboxylic acids is 1. The second-order valence-electron chi connectivity index (χ2n) is 6.28. The van der Waals surface area contributed by atoms with Crippen LogP contribution in [0.25, 0.3) is 0 Å². The van der Waals surface area contributed by atoms with Crippen molar-refractivity contribution in [1.82, 2.24) is 9.97 Å². The molecule has 0 saturated carbocycles. The van der Waals surface area contributed by atoms with Crippen LogP contribution in [-0.2, 0) is 10.0 Å². The van der Waals surface area contributed by atoms with Gasteiger partial charge in [0.25, 0.3) is 15.9 Å². The predicted molar refractivity (Wildman–Crippen MR) is 110 cm³/mol. The van der Waals surface area contributed by atoms with Gasteiger partial charge in [0.1, 0.15) is 11.4 Å². The summed E-state index contributed by atoms with van der Waals surface area (Å²) >= 11 is 0. The van der Waals surface area contributed by atoms with Gasteiger partial charge in [-0.15, -0.1) is 0 Å². The van der Waals surface area contributed by atoms with E-state index in [9.17, 15) is 13.2 Å². The maximum Gasteiger partial charge on any atom is 0.275 e. The van der Waals surface area contributed by atoms with Gasteiger partial charge in [-0.2, -0.15) is 0 Å². The number of aryl methyl sites for hydroxylation is 2. The Kier molecular flexibility index (Phi) is 5.79. The van der Waals surface area contributed by atoms with E-state index in [-0.39, 0.29) is 10.6 Å². The lowest BCUT2D eigenvalue weighted by atomic mass is 10.2. The average Bonchev–Trinajstić information content (AvgIpc) is 2.70. The smallest absolute Gasteiger partial charge is 0.275 e. The number of nitrogens with one attached hydrogen (secondary N) is 2. The molecular formula is C20H20N4O4S. The van der Waals surface area contributed by atoms with E-state index in [2.05, 4.69) is 20.0 Å². The van der Waals surface area contributed by atoms with Crippen molar-refractivity contribution in [2.24, 2.45) is 0 Å². The van der Waals surface area contributed by atoms with E-state index in [1.165, 1.54) is 25.6 Å². The first-order valence-electron chi connectivity index (χ1n) is 8.66. The van der Waals surface area contributed by atoms with Gasteiger partial charge in [-0.3, -0.25) is 14.5 Å². The van der Waals surface area contributed by atoms with Crippen LogP contribution in [0.4, 0.5) is 11.4 Å². The molecule has 0 radical (unpaired) electrons. The van der Waals surface area contributed by atoms with E-state index >= 15 is 0 Å². The van der Waals surface area contributed by atoms with Crippen LogP contribution in [0.15, 0.2) is 59.8 Å². The van der Waals surface area contributed by atoms with E-state index in [1.54, 1.807) is 50.2 Å². The third-order valence-corrected chi connectivity index (χ3v) is 5.61. The van der Waals surface area contributed by atoms with Crippen molar-refractivity contribution in [3.05, 3.63) is 71.8 Å². The van der Waals surface area contributed by atoms with Crippen molar-refractivity contribution < 1.29 is 17.9 Å². The van der Waals surface area contributed by atoms with Gasteiger partial charge in [-0.25, -0.2) is 13.4 Å². The lowest BCUT2D eigenvalue weighted by molar-refractivity contribution is 0.102. The molecule has 0 aliphatic heterocycles. The molecule has 3 rings (SSSR count). The lowest BCUT2D eigenvalue weighted by Gasteiger charge is -2.14.